The zero-order chi connectivity index (χ0) is 10.3. The van der Waals surface area contributed by atoms with E-state index in [1.54, 1.807) is 0 Å². The summed E-state index contributed by atoms with van der Waals surface area (Å²) >= 11 is 0. The van der Waals surface area contributed by atoms with Crippen LogP contribution >= 0.6 is 0 Å². The summed E-state index contributed by atoms with van der Waals surface area (Å²) in [5.41, 5.74) is 0.300. The van der Waals surface area contributed by atoms with E-state index >= 15 is 0 Å². The highest BCUT2D eigenvalue weighted by molar-refractivity contribution is 5.45. The van der Waals surface area contributed by atoms with Gasteiger partial charge in [-0.25, -0.2) is 4.39 Å². The van der Waals surface area contributed by atoms with Gasteiger partial charge < -0.3 is 5.11 Å². The van der Waals surface area contributed by atoms with Crippen molar-refractivity contribution in [1.82, 2.24) is 0 Å². The third-order valence-corrected chi connectivity index (χ3v) is 2.83. The fourth-order valence-electron chi connectivity index (χ4n) is 1.53. The van der Waals surface area contributed by atoms with Gasteiger partial charge in [0.05, 0.1) is 11.5 Å². The van der Waals surface area contributed by atoms with Crippen molar-refractivity contribution in [1.29, 1.82) is 5.26 Å². The average molecular weight is 191 g/mol. The molecule has 0 radical (unpaired) electrons. The summed E-state index contributed by atoms with van der Waals surface area (Å²) in [6.45, 7) is 1.51. The van der Waals surface area contributed by atoms with Crippen LogP contribution in [0.2, 0.25) is 0 Å². The minimum absolute atomic E-state index is 0.0680. The van der Waals surface area contributed by atoms with Gasteiger partial charge in [0, 0.05) is 5.56 Å². The standard InChI is InChI=1S/C11H10FNO/c1-7-9(12)4-8(5-10(7)14)11(6-13)2-3-11/h4-5,14H,2-3H2,1H3. The Morgan fingerprint density at radius 1 is 1.50 bits per heavy atom. The lowest BCUT2D eigenvalue weighted by Gasteiger charge is -2.08. The summed E-state index contributed by atoms with van der Waals surface area (Å²) in [7, 11) is 0. The van der Waals surface area contributed by atoms with Gasteiger partial charge in [-0.3, -0.25) is 0 Å². The maximum absolute atomic E-state index is 13.3. The summed E-state index contributed by atoms with van der Waals surface area (Å²) in [6.07, 6.45) is 1.51. The predicted molar refractivity (Wildman–Crippen MR) is 49.3 cm³/mol. The molecule has 0 bridgehead atoms. The molecule has 0 unspecified atom stereocenters. The Kier molecular flexibility index (Phi) is 1.75. The Morgan fingerprint density at radius 3 is 2.57 bits per heavy atom. The van der Waals surface area contributed by atoms with Crippen molar-refractivity contribution < 1.29 is 9.50 Å². The molecular weight excluding hydrogens is 181 g/mol. The molecule has 14 heavy (non-hydrogen) atoms. The van der Waals surface area contributed by atoms with E-state index in [4.69, 9.17) is 5.26 Å². The summed E-state index contributed by atoms with van der Waals surface area (Å²) in [5, 5.41) is 18.3. The number of hydrogen-bond acceptors (Lipinski definition) is 2. The monoisotopic (exact) mass is 191 g/mol. The maximum Gasteiger partial charge on any atom is 0.130 e. The zero-order valence-electron chi connectivity index (χ0n) is 7.84. The van der Waals surface area contributed by atoms with Crippen LogP contribution in [-0.2, 0) is 5.41 Å². The molecule has 2 rings (SSSR count). The van der Waals surface area contributed by atoms with Crippen LogP contribution in [0, 0.1) is 24.1 Å². The minimum Gasteiger partial charge on any atom is -0.508 e. The SMILES string of the molecule is Cc1c(O)cc(C2(C#N)CC2)cc1F. The van der Waals surface area contributed by atoms with Crippen LogP contribution in [-0.4, -0.2) is 5.11 Å². The van der Waals surface area contributed by atoms with Gasteiger partial charge in [-0.15, -0.1) is 0 Å². The van der Waals surface area contributed by atoms with Crippen molar-refractivity contribution in [3.63, 3.8) is 0 Å². The molecule has 1 saturated carbocycles. The van der Waals surface area contributed by atoms with E-state index in [1.165, 1.54) is 19.1 Å². The number of rotatable bonds is 1. The van der Waals surface area contributed by atoms with E-state index in [2.05, 4.69) is 6.07 Å². The highest BCUT2D eigenvalue weighted by atomic mass is 19.1. The van der Waals surface area contributed by atoms with E-state index in [-0.39, 0.29) is 11.3 Å². The molecule has 0 atom stereocenters. The fourth-order valence-corrected chi connectivity index (χ4v) is 1.53. The normalized spacial score (nSPS) is 17.5. The summed E-state index contributed by atoms with van der Waals surface area (Å²) < 4.78 is 13.3. The summed E-state index contributed by atoms with van der Waals surface area (Å²) in [5.74, 6) is -0.511. The Labute approximate surface area is 81.6 Å². The van der Waals surface area contributed by atoms with Crippen LogP contribution in [0.3, 0.4) is 0 Å². The molecule has 0 amide bonds. The number of phenols is 1. The maximum atomic E-state index is 13.3. The average Bonchev–Trinajstić information content (AvgIpc) is 2.94. The van der Waals surface area contributed by atoms with Gasteiger partial charge in [-0.2, -0.15) is 5.26 Å². The molecule has 1 aliphatic rings. The first kappa shape index (κ1) is 9.01. The van der Waals surface area contributed by atoms with Gasteiger partial charge in [-0.1, -0.05) is 0 Å². The van der Waals surface area contributed by atoms with Gasteiger partial charge in [0.25, 0.3) is 0 Å². The number of benzene rings is 1. The van der Waals surface area contributed by atoms with Gasteiger partial charge in [0.2, 0.25) is 0 Å². The number of halogens is 1. The summed E-state index contributed by atoms with van der Waals surface area (Å²) in [6, 6.07) is 5.01. The number of nitrogens with zero attached hydrogens (tertiary/aromatic N) is 1. The van der Waals surface area contributed by atoms with Crippen molar-refractivity contribution >= 4 is 0 Å². The van der Waals surface area contributed by atoms with E-state index in [0.717, 1.165) is 12.8 Å². The molecule has 0 aromatic heterocycles. The first-order chi connectivity index (χ1) is 6.59. The molecule has 0 spiro atoms. The largest absolute Gasteiger partial charge is 0.508 e. The minimum atomic E-state index is -0.536. The smallest absolute Gasteiger partial charge is 0.130 e. The van der Waals surface area contributed by atoms with Crippen LogP contribution in [0.15, 0.2) is 12.1 Å². The van der Waals surface area contributed by atoms with E-state index in [0.29, 0.717) is 5.56 Å². The van der Waals surface area contributed by atoms with Gasteiger partial charge in [0.1, 0.15) is 11.6 Å². The van der Waals surface area contributed by atoms with Crippen molar-refractivity contribution in [2.24, 2.45) is 0 Å². The Bertz CT molecular complexity index is 406. The molecule has 1 fully saturated rings. The van der Waals surface area contributed by atoms with Crippen LogP contribution in [0.25, 0.3) is 0 Å². The molecule has 2 nitrogen and oxygen atoms in total. The van der Waals surface area contributed by atoms with Crippen LogP contribution in [0.1, 0.15) is 24.0 Å². The number of hydrogen-bond donors (Lipinski definition) is 1. The summed E-state index contributed by atoms with van der Waals surface area (Å²) in [4.78, 5) is 0. The molecule has 0 saturated heterocycles. The quantitative estimate of drug-likeness (QED) is 0.740. The molecule has 3 heteroatoms. The first-order valence-electron chi connectivity index (χ1n) is 4.50. The lowest BCUT2D eigenvalue weighted by atomic mass is 9.96. The predicted octanol–water partition coefficient (Wildman–Crippen LogP) is 2.39. The molecule has 0 aliphatic heterocycles. The van der Waals surface area contributed by atoms with E-state index in [1.807, 2.05) is 0 Å². The van der Waals surface area contributed by atoms with E-state index in [9.17, 15) is 9.50 Å². The van der Waals surface area contributed by atoms with Crippen molar-refractivity contribution in [2.45, 2.75) is 25.2 Å². The Balaban J connectivity index is 2.53. The third kappa shape index (κ3) is 1.15. The molecular formula is C11H10FNO. The third-order valence-electron chi connectivity index (χ3n) is 2.83. The van der Waals surface area contributed by atoms with Crippen LogP contribution < -0.4 is 0 Å². The van der Waals surface area contributed by atoms with Crippen LogP contribution in [0.5, 0.6) is 5.75 Å². The second kappa shape index (κ2) is 2.71. The number of aromatic hydroxyl groups is 1. The fraction of sp³-hybridized carbons (Fsp3) is 0.364. The van der Waals surface area contributed by atoms with Crippen molar-refractivity contribution in [3.8, 4) is 11.8 Å². The zero-order valence-corrected chi connectivity index (χ0v) is 7.84. The lowest BCUT2D eigenvalue weighted by Crippen LogP contribution is -2.03. The molecule has 72 valence electrons. The molecule has 1 aromatic carbocycles. The molecule has 1 N–H and O–H groups in total. The van der Waals surface area contributed by atoms with Gasteiger partial charge in [0.15, 0.2) is 0 Å². The Hall–Kier alpha value is -1.56. The number of nitriles is 1. The van der Waals surface area contributed by atoms with E-state index < -0.39 is 11.2 Å². The number of phenolic OH excluding ortho intramolecular Hbond substituents is 1. The highest BCUT2D eigenvalue weighted by Gasteiger charge is 2.45. The van der Waals surface area contributed by atoms with Crippen LogP contribution in [0.4, 0.5) is 4.39 Å². The molecule has 1 aromatic rings. The lowest BCUT2D eigenvalue weighted by molar-refractivity contribution is 0.461. The molecule has 0 heterocycles. The van der Waals surface area contributed by atoms with Gasteiger partial charge >= 0.3 is 0 Å². The topological polar surface area (TPSA) is 44.0 Å². The van der Waals surface area contributed by atoms with Crippen molar-refractivity contribution in [2.75, 3.05) is 0 Å². The van der Waals surface area contributed by atoms with Crippen molar-refractivity contribution in [3.05, 3.63) is 29.1 Å². The second-order valence-corrected chi connectivity index (χ2v) is 3.80. The first-order valence-corrected chi connectivity index (χ1v) is 4.50. The Morgan fingerprint density at radius 2 is 2.14 bits per heavy atom. The second-order valence-electron chi connectivity index (χ2n) is 3.80. The molecule has 1 aliphatic carbocycles. The van der Waals surface area contributed by atoms with Gasteiger partial charge in [-0.05, 0) is 37.5 Å². The highest BCUT2D eigenvalue weighted by Crippen LogP contribution is 2.48.